The number of carbonyl (C=O) groups is 2. The Labute approximate surface area is 154 Å². The number of alkyl halides is 3. The standard InChI is InChI=1S/C19H19F3N2O3/c1-12(2)27-16-9-7-15(8-10-16)24-18(26)11-17(25)23-14-5-3-13(4-6-14)19(20,21)22/h3-10,12H,11H2,1-2H3,(H,23,25)(H,24,26). The summed E-state index contributed by atoms with van der Waals surface area (Å²) in [4.78, 5) is 23.8. The Balaban J connectivity index is 1.85. The van der Waals surface area contributed by atoms with E-state index in [4.69, 9.17) is 4.74 Å². The zero-order chi connectivity index (χ0) is 20.0. The van der Waals surface area contributed by atoms with Gasteiger partial charge in [0.15, 0.2) is 0 Å². The summed E-state index contributed by atoms with van der Waals surface area (Å²) in [5.41, 5.74) is -0.141. The predicted molar refractivity (Wildman–Crippen MR) is 95.5 cm³/mol. The van der Waals surface area contributed by atoms with E-state index in [1.165, 1.54) is 0 Å². The number of halogens is 3. The van der Waals surface area contributed by atoms with E-state index in [9.17, 15) is 22.8 Å². The molecule has 0 fully saturated rings. The van der Waals surface area contributed by atoms with Crippen molar-refractivity contribution in [3.05, 3.63) is 54.1 Å². The van der Waals surface area contributed by atoms with Crippen LogP contribution in [-0.4, -0.2) is 17.9 Å². The maximum atomic E-state index is 12.5. The lowest BCUT2D eigenvalue weighted by Gasteiger charge is -2.11. The summed E-state index contributed by atoms with van der Waals surface area (Å²) in [5, 5.41) is 4.94. The van der Waals surface area contributed by atoms with Crippen molar-refractivity contribution < 1.29 is 27.5 Å². The Morgan fingerprint density at radius 3 is 1.74 bits per heavy atom. The molecule has 0 aromatic heterocycles. The monoisotopic (exact) mass is 380 g/mol. The summed E-state index contributed by atoms with van der Waals surface area (Å²) < 4.78 is 43.0. The van der Waals surface area contributed by atoms with Gasteiger partial charge in [0, 0.05) is 11.4 Å². The van der Waals surface area contributed by atoms with Crippen molar-refractivity contribution in [2.24, 2.45) is 0 Å². The first-order valence-electron chi connectivity index (χ1n) is 8.17. The predicted octanol–water partition coefficient (Wildman–Crippen LogP) is 4.46. The second kappa shape index (κ2) is 8.57. The number of hydrogen-bond acceptors (Lipinski definition) is 3. The molecule has 0 aliphatic rings. The molecule has 0 atom stereocenters. The molecule has 2 aromatic carbocycles. The highest BCUT2D eigenvalue weighted by Gasteiger charge is 2.30. The van der Waals surface area contributed by atoms with Crippen LogP contribution in [0.15, 0.2) is 48.5 Å². The first kappa shape index (κ1) is 20.3. The second-order valence-electron chi connectivity index (χ2n) is 6.04. The van der Waals surface area contributed by atoms with Gasteiger partial charge in [0.25, 0.3) is 0 Å². The van der Waals surface area contributed by atoms with Gasteiger partial charge in [-0.2, -0.15) is 13.2 Å². The Bertz CT molecular complexity index is 785. The van der Waals surface area contributed by atoms with Crippen molar-refractivity contribution >= 4 is 23.2 Å². The Kier molecular flexibility index (Phi) is 6.44. The smallest absolute Gasteiger partial charge is 0.416 e. The molecule has 0 aliphatic heterocycles. The fourth-order valence-corrected chi connectivity index (χ4v) is 2.19. The van der Waals surface area contributed by atoms with Crippen molar-refractivity contribution in [3.8, 4) is 5.75 Å². The van der Waals surface area contributed by atoms with Crippen LogP contribution in [0.1, 0.15) is 25.8 Å². The average molecular weight is 380 g/mol. The van der Waals surface area contributed by atoms with E-state index in [2.05, 4.69) is 10.6 Å². The molecule has 0 aliphatic carbocycles. The molecule has 0 unspecified atom stereocenters. The minimum Gasteiger partial charge on any atom is -0.491 e. The number of ether oxygens (including phenoxy) is 1. The summed E-state index contributed by atoms with van der Waals surface area (Å²) >= 11 is 0. The van der Waals surface area contributed by atoms with Crippen LogP contribution >= 0.6 is 0 Å². The Morgan fingerprint density at radius 2 is 1.33 bits per heavy atom. The van der Waals surface area contributed by atoms with Crippen molar-refractivity contribution in [2.75, 3.05) is 10.6 Å². The molecule has 0 heterocycles. The summed E-state index contributed by atoms with van der Waals surface area (Å²) in [6.07, 6.45) is -4.89. The quantitative estimate of drug-likeness (QED) is 0.727. The molecular formula is C19H19F3N2O3. The van der Waals surface area contributed by atoms with E-state index in [1.54, 1.807) is 24.3 Å². The summed E-state index contributed by atoms with van der Waals surface area (Å²) in [6.45, 7) is 3.79. The molecule has 2 aromatic rings. The lowest BCUT2D eigenvalue weighted by molar-refractivity contribution is -0.137. The van der Waals surface area contributed by atoms with Crippen LogP contribution in [0.4, 0.5) is 24.5 Å². The van der Waals surface area contributed by atoms with Gasteiger partial charge in [0.1, 0.15) is 12.2 Å². The van der Waals surface area contributed by atoms with Crippen molar-refractivity contribution in [3.63, 3.8) is 0 Å². The fraction of sp³-hybridized carbons (Fsp3) is 0.263. The van der Waals surface area contributed by atoms with Gasteiger partial charge in [-0.05, 0) is 62.4 Å². The van der Waals surface area contributed by atoms with Crippen molar-refractivity contribution in [2.45, 2.75) is 32.5 Å². The molecule has 0 bridgehead atoms. The van der Waals surface area contributed by atoms with Gasteiger partial charge in [-0.25, -0.2) is 0 Å². The molecule has 144 valence electrons. The van der Waals surface area contributed by atoms with E-state index < -0.39 is 30.0 Å². The normalized spacial score (nSPS) is 11.2. The number of nitrogens with one attached hydrogen (secondary N) is 2. The first-order valence-corrected chi connectivity index (χ1v) is 8.17. The maximum Gasteiger partial charge on any atom is 0.416 e. The molecule has 0 saturated heterocycles. The van der Waals surface area contributed by atoms with Crippen molar-refractivity contribution in [1.82, 2.24) is 0 Å². The van der Waals surface area contributed by atoms with E-state index in [0.29, 0.717) is 11.4 Å². The SMILES string of the molecule is CC(C)Oc1ccc(NC(=O)CC(=O)Nc2ccc(C(F)(F)F)cc2)cc1. The highest BCUT2D eigenvalue weighted by molar-refractivity contribution is 6.08. The maximum absolute atomic E-state index is 12.5. The summed E-state index contributed by atoms with van der Waals surface area (Å²) in [6, 6.07) is 10.6. The van der Waals surface area contributed by atoms with Crippen LogP contribution in [0.25, 0.3) is 0 Å². The largest absolute Gasteiger partial charge is 0.491 e. The molecular weight excluding hydrogens is 361 g/mol. The van der Waals surface area contributed by atoms with Crippen LogP contribution in [0.3, 0.4) is 0 Å². The lowest BCUT2D eigenvalue weighted by Crippen LogP contribution is -2.21. The van der Waals surface area contributed by atoms with E-state index in [-0.39, 0.29) is 11.8 Å². The lowest BCUT2D eigenvalue weighted by atomic mass is 10.2. The topological polar surface area (TPSA) is 67.4 Å². The number of hydrogen-bond donors (Lipinski definition) is 2. The number of benzene rings is 2. The van der Waals surface area contributed by atoms with Crippen LogP contribution in [0, 0.1) is 0 Å². The van der Waals surface area contributed by atoms with Gasteiger partial charge in [0.05, 0.1) is 11.7 Å². The van der Waals surface area contributed by atoms with Gasteiger partial charge >= 0.3 is 6.18 Å². The average Bonchev–Trinajstić information content (AvgIpc) is 2.55. The molecule has 27 heavy (non-hydrogen) atoms. The molecule has 0 spiro atoms. The zero-order valence-electron chi connectivity index (χ0n) is 14.8. The van der Waals surface area contributed by atoms with E-state index >= 15 is 0 Å². The number of anilines is 2. The number of rotatable bonds is 6. The zero-order valence-corrected chi connectivity index (χ0v) is 14.8. The third-order valence-electron chi connectivity index (χ3n) is 3.33. The van der Waals surface area contributed by atoms with Crippen LogP contribution in [-0.2, 0) is 15.8 Å². The highest BCUT2D eigenvalue weighted by Crippen LogP contribution is 2.29. The Morgan fingerprint density at radius 1 is 0.889 bits per heavy atom. The molecule has 2 amide bonds. The fourth-order valence-electron chi connectivity index (χ4n) is 2.19. The molecule has 0 saturated carbocycles. The highest BCUT2D eigenvalue weighted by atomic mass is 19.4. The molecule has 5 nitrogen and oxygen atoms in total. The summed E-state index contributed by atoms with van der Waals surface area (Å²) in [7, 11) is 0. The van der Waals surface area contributed by atoms with Gasteiger partial charge in [-0.15, -0.1) is 0 Å². The van der Waals surface area contributed by atoms with Crippen molar-refractivity contribution in [1.29, 1.82) is 0 Å². The van der Waals surface area contributed by atoms with Crippen LogP contribution in [0.5, 0.6) is 5.75 Å². The molecule has 2 N–H and O–H groups in total. The summed E-state index contributed by atoms with van der Waals surface area (Å²) in [5.74, 6) is -0.521. The molecule has 8 heteroatoms. The van der Waals surface area contributed by atoms with Gasteiger partial charge in [0.2, 0.25) is 11.8 Å². The third-order valence-corrected chi connectivity index (χ3v) is 3.33. The van der Waals surface area contributed by atoms with Gasteiger partial charge < -0.3 is 15.4 Å². The van der Waals surface area contributed by atoms with E-state index in [1.807, 2.05) is 13.8 Å². The first-order chi connectivity index (χ1) is 12.6. The number of carbonyl (C=O) groups excluding carboxylic acids is 2. The van der Waals surface area contributed by atoms with Gasteiger partial charge in [-0.1, -0.05) is 0 Å². The minimum atomic E-state index is -4.45. The molecule has 0 radical (unpaired) electrons. The number of amides is 2. The van der Waals surface area contributed by atoms with E-state index in [0.717, 1.165) is 24.3 Å². The van der Waals surface area contributed by atoms with Gasteiger partial charge in [-0.3, -0.25) is 9.59 Å². The van der Waals surface area contributed by atoms with Crippen LogP contribution in [0.2, 0.25) is 0 Å². The minimum absolute atomic E-state index is 0.0272. The molecule has 2 rings (SSSR count). The Hall–Kier alpha value is -3.03. The second-order valence-corrected chi connectivity index (χ2v) is 6.04. The van der Waals surface area contributed by atoms with Crippen LogP contribution < -0.4 is 15.4 Å². The third kappa shape index (κ3) is 6.65.